The Morgan fingerprint density at radius 1 is 0.595 bits per heavy atom. The summed E-state index contributed by atoms with van der Waals surface area (Å²) < 4.78 is 10.8. The highest BCUT2D eigenvalue weighted by molar-refractivity contribution is 5.91. The molecule has 0 saturated carbocycles. The van der Waals surface area contributed by atoms with Crippen LogP contribution in [-0.2, 0) is 31.1 Å². The number of rotatable bonds is 8. The minimum absolute atomic E-state index is 0.0960. The average molecular weight is 585 g/mol. The molecule has 0 aliphatic rings. The predicted octanol–water partition coefficient (Wildman–Crippen LogP) is 7.10. The largest absolute Gasteiger partial charge is 0.785 e. The Morgan fingerprint density at radius 2 is 0.833 bits per heavy atom. The van der Waals surface area contributed by atoms with E-state index in [1.165, 1.54) is 0 Å². The van der Waals surface area contributed by atoms with E-state index in [1.54, 1.807) is 24.3 Å². The first-order valence-corrected chi connectivity index (χ1v) is 14.5. The molecule has 0 fully saturated rings. The summed E-state index contributed by atoms with van der Waals surface area (Å²) in [5.74, 6) is -0.822. The second kappa shape index (κ2) is 12.6. The maximum Gasteiger partial charge on any atom is 0.338 e. The van der Waals surface area contributed by atoms with E-state index in [0.717, 1.165) is 0 Å². The maximum atomic E-state index is 12.9. The van der Waals surface area contributed by atoms with E-state index in [0.29, 0.717) is 38.4 Å². The number of benzene rings is 2. The van der Waals surface area contributed by atoms with Crippen molar-refractivity contribution in [2.45, 2.75) is 105 Å². The van der Waals surface area contributed by atoms with Crippen molar-refractivity contribution in [3.05, 3.63) is 62.9 Å². The van der Waals surface area contributed by atoms with Crippen molar-refractivity contribution < 1.29 is 29.3 Å². The molecule has 0 saturated heterocycles. The summed E-state index contributed by atoms with van der Waals surface area (Å²) in [7, 11) is 0. The Kier molecular flexibility index (Phi) is 10.6. The van der Waals surface area contributed by atoms with Gasteiger partial charge in [0.2, 0.25) is 0 Å². The third-order valence-electron chi connectivity index (χ3n) is 7.07. The molecule has 0 aromatic heterocycles. The first kappa shape index (κ1) is 35.1. The zero-order valence-corrected chi connectivity index (χ0v) is 27.5. The smallest absolute Gasteiger partial charge is 0.338 e. The number of carbonyl (C=O) groups is 2. The molecule has 0 radical (unpaired) electrons. The Bertz CT molecular complexity index is 1120. The van der Waals surface area contributed by atoms with Crippen LogP contribution in [0.4, 0.5) is 0 Å². The fourth-order valence-corrected chi connectivity index (χ4v) is 4.55. The van der Waals surface area contributed by atoms with Crippen LogP contribution >= 0.6 is 0 Å². The molecular weight excluding hydrogens is 534 g/mol. The van der Waals surface area contributed by atoms with Gasteiger partial charge in [0.05, 0.1) is 11.1 Å². The number of hydrogen-bond donors (Lipinski definition) is 2. The first-order valence-electron chi connectivity index (χ1n) is 14.5. The molecule has 0 aliphatic heterocycles. The van der Waals surface area contributed by atoms with E-state index >= 15 is 0 Å². The number of hydrogen-bond acceptors (Lipinski definition) is 8. The van der Waals surface area contributed by atoms with Gasteiger partial charge in [-0.05, 0) is 45.9 Å². The Hall–Kier alpha value is -3.10. The first-order chi connectivity index (χ1) is 18.9. The quantitative estimate of drug-likeness (QED) is 0.249. The van der Waals surface area contributed by atoms with Gasteiger partial charge in [0, 0.05) is 35.3 Å². The minimum Gasteiger partial charge on any atom is -0.785 e. The van der Waals surface area contributed by atoms with Crippen LogP contribution in [0.1, 0.15) is 126 Å². The SMILES string of the molecule is CC(C)(C)c1cc(C(=O)OCCN([O-])CCOC(=O)c2cc(C(C)(C)C)c(O)c(C(C)(C)C)c2)cc(C(C)(C)C)c1O. The molecule has 0 spiro atoms. The summed E-state index contributed by atoms with van der Waals surface area (Å²) in [6.45, 7) is 23.0. The van der Waals surface area contributed by atoms with E-state index in [-0.39, 0.29) is 37.8 Å². The summed E-state index contributed by atoms with van der Waals surface area (Å²) in [5.41, 5.74) is 1.62. The number of aromatic hydroxyl groups is 2. The minimum atomic E-state index is -0.581. The number of carbonyl (C=O) groups excluding carboxylic acids is 2. The van der Waals surface area contributed by atoms with E-state index in [9.17, 15) is 25.0 Å². The number of esters is 2. The molecule has 8 nitrogen and oxygen atoms in total. The second-order valence-corrected chi connectivity index (χ2v) is 15.0. The number of phenols is 2. The third kappa shape index (κ3) is 8.95. The number of phenolic OH excluding ortho intramolecular Hbond substituents is 2. The lowest BCUT2D eigenvalue weighted by atomic mass is 9.78. The summed E-state index contributed by atoms with van der Waals surface area (Å²) in [5, 5.41) is 34.8. The van der Waals surface area contributed by atoms with E-state index in [1.807, 2.05) is 83.1 Å². The van der Waals surface area contributed by atoms with Gasteiger partial charge in [-0.3, -0.25) is 0 Å². The second-order valence-electron chi connectivity index (χ2n) is 15.0. The van der Waals surface area contributed by atoms with Crippen LogP contribution in [0.2, 0.25) is 0 Å². The van der Waals surface area contributed by atoms with E-state index in [4.69, 9.17) is 9.47 Å². The molecule has 0 aliphatic carbocycles. The highest BCUT2D eigenvalue weighted by Crippen LogP contribution is 2.41. The molecule has 0 amide bonds. The van der Waals surface area contributed by atoms with Gasteiger partial charge >= 0.3 is 11.9 Å². The van der Waals surface area contributed by atoms with Crippen molar-refractivity contribution in [1.82, 2.24) is 5.06 Å². The standard InChI is InChI=1S/C34H50NO7/c1-31(2,3)23-17-21(18-24(27(23)36)32(4,5)6)29(38)41-15-13-35(40)14-16-42-30(39)22-19-25(33(7,8)9)28(37)26(20-22)34(10,11)12/h17-20,36-37H,13-16H2,1-12H3/q-1. The highest BCUT2D eigenvalue weighted by Gasteiger charge is 2.29. The summed E-state index contributed by atoms with van der Waals surface area (Å²) in [6.07, 6.45) is 0. The lowest BCUT2D eigenvalue weighted by Crippen LogP contribution is -2.27. The molecular formula is C34H50NO7-. The van der Waals surface area contributed by atoms with Crippen LogP contribution in [0.5, 0.6) is 11.5 Å². The topological polar surface area (TPSA) is 119 Å². The van der Waals surface area contributed by atoms with Crippen LogP contribution < -0.4 is 0 Å². The Balaban J connectivity index is 2.02. The van der Waals surface area contributed by atoms with Crippen molar-refractivity contribution in [2.75, 3.05) is 26.3 Å². The molecule has 8 heteroatoms. The van der Waals surface area contributed by atoms with Gasteiger partial charge in [0.15, 0.2) is 0 Å². The van der Waals surface area contributed by atoms with Gasteiger partial charge in [0.1, 0.15) is 24.7 Å². The van der Waals surface area contributed by atoms with Crippen LogP contribution in [-0.4, -0.2) is 53.5 Å². The lowest BCUT2D eigenvalue weighted by molar-refractivity contribution is 0.0433. The molecule has 0 unspecified atom stereocenters. The molecule has 2 aromatic rings. The van der Waals surface area contributed by atoms with Crippen LogP contribution in [0.25, 0.3) is 0 Å². The molecule has 42 heavy (non-hydrogen) atoms. The molecule has 0 atom stereocenters. The van der Waals surface area contributed by atoms with Crippen molar-refractivity contribution in [1.29, 1.82) is 0 Å². The normalized spacial score (nSPS) is 12.9. The number of hydroxylamine groups is 2. The Labute approximate surface area is 251 Å². The van der Waals surface area contributed by atoms with Crippen LogP contribution in [0.3, 0.4) is 0 Å². The van der Waals surface area contributed by atoms with Crippen LogP contribution in [0.15, 0.2) is 24.3 Å². The molecule has 2 rings (SSSR count). The lowest BCUT2D eigenvalue weighted by Gasteiger charge is -2.29. The Morgan fingerprint density at radius 3 is 1.05 bits per heavy atom. The number of nitrogens with zero attached hydrogens (tertiary/aromatic N) is 1. The van der Waals surface area contributed by atoms with Crippen molar-refractivity contribution in [3.8, 4) is 11.5 Å². The van der Waals surface area contributed by atoms with Gasteiger partial charge in [-0.25, -0.2) is 9.59 Å². The third-order valence-corrected chi connectivity index (χ3v) is 7.07. The van der Waals surface area contributed by atoms with Crippen LogP contribution in [0, 0.1) is 5.21 Å². The van der Waals surface area contributed by atoms with E-state index < -0.39 is 33.6 Å². The molecule has 0 heterocycles. The van der Waals surface area contributed by atoms with Gasteiger partial charge < -0.3 is 30.0 Å². The van der Waals surface area contributed by atoms with E-state index in [2.05, 4.69) is 0 Å². The van der Waals surface area contributed by atoms with Gasteiger partial charge in [-0.2, -0.15) is 0 Å². The fourth-order valence-electron chi connectivity index (χ4n) is 4.55. The fraction of sp³-hybridized carbons (Fsp3) is 0.588. The maximum absolute atomic E-state index is 12.9. The predicted molar refractivity (Wildman–Crippen MR) is 167 cm³/mol. The van der Waals surface area contributed by atoms with Crippen molar-refractivity contribution in [2.24, 2.45) is 0 Å². The van der Waals surface area contributed by atoms with Crippen molar-refractivity contribution >= 4 is 11.9 Å². The zero-order valence-electron chi connectivity index (χ0n) is 27.5. The molecule has 234 valence electrons. The molecule has 0 bridgehead atoms. The number of ether oxygens (including phenoxy) is 2. The molecule has 2 N–H and O–H groups in total. The van der Waals surface area contributed by atoms with Crippen molar-refractivity contribution in [3.63, 3.8) is 0 Å². The zero-order chi connectivity index (χ0) is 32.4. The highest BCUT2D eigenvalue weighted by atomic mass is 16.6. The summed E-state index contributed by atoms with van der Waals surface area (Å²) in [6, 6.07) is 6.56. The summed E-state index contributed by atoms with van der Waals surface area (Å²) in [4.78, 5) is 25.7. The average Bonchev–Trinajstić information content (AvgIpc) is 2.81. The van der Waals surface area contributed by atoms with Gasteiger partial charge in [0.25, 0.3) is 0 Å². The molecule has 2 aromatic carbocycles. The summed E-state index contributed by atoms with van der Waals surface area (Å²) >= 11 is 0. The van der Waals surface area contributed by atoms with Gasteiger partial charge in [-0.15, -0.1) is 0 Å². The monoisotopic (exact) mass is 584 g/mol. The van der Waals surface area contributed by atoms with Gasteiger partial charge in [-0.1, -0.05) is 83.1 Å².